The first-order valence-electron chi connectivity index (χ1n) is 5.33. The lowest BCUT2D eigenvalue weighted by Gasteiger charge is -2.04. The van der Waals surface area contributed by atoms with E-state index in [2.05, 4.69) is 0 Å². The van der Waals surface area contributed by atoms with E-state index in [1.165, 1.54) is 11.8 Å². The van der Waals surface area contributed by atoms with Crippen LogP contribution < -0.4 is 0 Å². The van der Waals surface area contributed by atoms with E-state index >= 15 is 0 Å². The first-order chi connectivity index (χ1) is 8.68. The molecule has 0 aromatic heterocycles. The molecule has 0 unspecified atom stereocenters. The number of halogens is 2. The SMILES string of the molecule is O=C(CSc1ccccc1Cl)c1ccccc1Cl. The molecule has 0 saturated carbocycles. The van der Waals surface area contributed by atoms with Crippen LogP contribution in [0.15, 0.2) is 53.4 Å². The van der Waals surface area contributed by atoms with Crippen molar-refractivity contribution in [3.8, 4) is 0 Å². The van der Waals surface area contributed by atoms with E-state index in [0.717, 1.165) is 4.90 Å². The van der Waals surface area contributed by atoms with Crippen LogP contribution in [0.3, 0.4) is 0 Å². The summed E-state index contributed by atoms with van der Waals surface area (Å²) in [5.41, 5.74) is 0.554. The summed E-state index contributed by atoms with van der Waals surface area (Å²) in [5.74, 6) is 0.332. The fourth-order valence-electron chi connectivity index (χ4n) is 1.47. The van der Waals surface area contributed by atoms with Crippen LogP contribution in [-0.2, 0) is 0 Å². The summed E-state index contributed by atoms with van der Waals surface area (Å²) < 4.78 is 0. The zero-order chi connectivity index (χ0) is 13.0. The molecule has 0 N–H and O–H groups in total. The Balaban J connectivity index is 2.06. The van der Waals surface area contributed by atoms with Crippen LogP contribution in [-0.4, -0.2) is 11.5 Å². The largest absolute Gasteiger partial charge is 0.293 e. The van der Waals surface area contributed by atoms with E-state index in [0.29, 0.717) is 21.4 Å². The van der Waals surface area contributed by atoms with Gasteiger partial charge in [0, 0.05) is 10.5 Å². The van der Waals surface area contributed by atoms with E-state index in [-0.39, 0.29) is 5.78 Å². The number of carbonyl (C=O) groups is 1. The maximum atomic E-state index is 12.0. The zero-order valence-electron chi connectivity index (χ0n) is 9.40. The minimum atomic E-state index is 0.00511. The van der Waals surface area contributed by atoms with Crippen molar-refractivity contribution in [1.82, 2.24) is 0 Å². The Bertz CT molecular complexity index is 569. The van der Waals surface area contributed by atoms with Gasteiger partial charge in [-0.15, -0.1) is 11.8 Å². The van der Waals surface area contributed by atoms with Gasteiger partial charge in [0.15, 0.2) is 5.78 Å². The summed E-state index contributed by atoms with van der Waals surface area (Å²) in [4.78, 5) is 12.9. The summed E-state index contributed by atoms with van der Waals surface area (Å²) in [6, 6.07) is 14.5. The molecule has 18 heavy (non-hydrogen) atoms. The van der Waals surface area contributed by atoms with Gasteiger partial charge in [-0.25, -0.2) is 0 Å². The van der Waals surface area contributed by atoms with Gasteiger partial charge in [0.1, 0.15) is 0 Å². The number of hydrogen-bond acceptors (Lipinski definition) is 2. The minimum absolute atomic E-state index is 0.00511. The second-order valence-electron chi connectivity index (χ2n) is 3.62. The van der Waals surface area contributed by atoms with E-state index in [1.54, 1.807) is 24.3 Å². The summed E-state index contributed by atoms with van der Waals surface area (Å²) in [6.07, 6.45) is 0. The fraction of sp³-hybridized carbons (Fsp3) is 0.0714. The molecular weight excluding hydrogens is 287 g/mol. The van der Waals surface area contributed by atoms with E-state index in [1.807, 2.05) is 24.3 Å². The maximum absolute atomic E-state index is 12.0. The van der Waals surface area contributed by atoms with Crippen LogP contribution in [0.4, 0.5) is 0 Å². The molecule has 0 atom stereocenters. The monoisotopic (exact) mass is 296 g/mol. The predicted molar refractivity (Wildman–Crippen MR) is 78.0 cm³/mol. The Morgan fingerprint density at radius 2 is 1.56 bits per heavy atom. The molecule has 0 amide bonds. The van der Waals surface area contributed by atoms with Crippen molar-refractivity contribution in [3.63, 3.8) is 0 Å². The van der Waals surface area contributed by atoms with Crippen molar-refractivity contribution in [2.45, 2.75) is 4.90 Å². The van der Waals surface area contributed by atoms with Gasteiger partial charge in [0.25, 0.3) is 0 Å². The number of Topliss-reactive ketones (excluding diaryl/α,β-unsaturated/α-hetero) is 1. The highest BCUT2D eigenvalue weighted by molar-refractivity contribution is 8.00. The van der Waals surface area contributed by atoms with Crippen molar-refractivity contribution in [2.75, 3.05) is 5.75 Å². The maximum Gasteiger partial charge on any atom is 0.174 e. The third kappa shape index (κ3) is 3.29. The van der Waals surface area contributed by atoms with E-state index in [9.17, 15) is 4.79 Å². The van der Waals surface area contributed by atoms with Gasteiger partial charge in [-0.1, -0.05) is 47.5 Å². The predicted octanol–water partition coefficient (Wildman–Crippen LogP) is 4.97. The quantitative estimate of drug-likeness (QED) is 0.585. The molecule has 0 heterocycles. The Morgan fingerprint density at radius 1 is 0.944 bits per heavy atom. The Morgan fingerprint density at radius 3 is 2.22 bits per heavy atom. The number of rotatable bonds is 4. The molecule has 92 valence electrons. The molecular formula is C14H10Cl2OS. The number of carbonyl (C=O) groups excluding carboxylic acids is 1. The molecule has 2 rings (SSSR count). The molecule has 1 nitrogen and oxygen atoms in total. The average molecular weight is 297 g/mol. The zero-order valence-corrected chi connectivity index (χ0v) is 11.7. The van der Waals surface area contributed by atoms with Crippen LogP contribution in [0.5, 0.6) is 0 Å². The van der Waals surface area contributed by atoms with Crippen molar-refractivity contribution in [2.24, 2.45) is 0 Å². The lowest BCUT2D eigenvalue weighted by atomic mass is 10.1. The third-order valence-electron chi connectivity index (χ3n) is 2.37. The highest BCUT2D eigenvalue weighted by Crippen LogP contribution is 2.27. The van der Waals surface area contributed by atoms with Crippen LogP contribution >= 0.6 is 35.0 Å². The number of ketones is 1. The van der Waals surface area contributed by atoms with Gasteiger partial charge in [0.05, 0.1) is 15.8 Å². The Kier molecular flexibility index (Phi) is 4.70. The van der Waals surface area contributed by atoms with Crippen LogP contribution in [0.1, 0.15) is 10.4 Å². The van der Waals surface area contributed by atoms with Gasteiger partial charge in [-0.05, 0) is 24.3 Å². The van der Waals surface area contributed by atoms with Crippen molar-refractivity contribution in [3.05, 3.63) is 64.1 Å². The minimum Gasteiger partial charge on any atom is -0.293 e. The average Bonchev–Trinajstić information content (AvgIpc) is 2.38. The molecule has 0 aliphatic heterocycles. The molecule has 0 bridgehead atoms. The van der Waals surface area contributed by atoms with E-state index < -0.39 is 0 Å². The van der Waals surface area contributed by atoms with Crippen molar-refractivity contribution < 1.29 is 4.79 Å². The molecule has 0 saturated heterocycles. The summed E-state index contributed by atoms with van der Waals surface area (Å²) in [6.45, 7) is 0. The molecule has 2 aromatic rings. The Hall–Kier alpha value is -0.960. The van der Waals surface area contributed by atoms with Crippen LogP contribution in [0, 0.1) is 0 Å². The van der Waals surface area contributed by atoms with Gasteiger partial charge in [0.2, 0.25) is 0 Å². The molecule has 0 fully saturated rings. The van der Waals surface area contributed by atoms with Crippen molar-refractivity contribution in [1.29, 1.82) is 0 Å². The topological polar surface area (TPSA) is 17.1 Å². The van der Waals surface area contributed by atoms with Crippen LogP contribution in [0.2, 0.25) is 10.0 Å². The van der Waals surface area contributed by atoms with Gasteiger partial charge in [-0.3, -0.25) is 4.79 Å². The lowest BCUT2D eigenvalue weighted by Crippen LogP contribution is -2.02. The van der Waals surface area contributed by atoms with E-state index in [4.69, 9.17) is 23.2 Å². The van der Waals surface area contributed by atoms with Crippen LogP contribution in [0.25, 0.3) is 0 Å². The van der Waals surface area contributed by atoms with Crippen molar-refractivity contribution >= 4 is 40.7 Å². The highest BCUT2D eigenvalue weighted by atomic mass is 35.5. The third-order valence-corrected chi connectivity index (χ3v) is 4.21. The normalized spacial score (nSPS) is 10.3. The number of thioether (sulfide) groups is 1. The molecule has 0 spiro atoms. The Labute approximate surface area is 120 Å². The summed E-state index contributed by atoms with van der Waals surface area (Å²) in [5, 5.41) is 1.15. The first-order valence-corrected chi connectivity index (χ1v) is 7.07. The smallest absolute Gasteiger partial charge is 0.174 e. The van der Waals surface area contributed by atoms with Gasteiger partial charge >= 0.3 is 0 Å². The second kappa shape index (κ2) is 6.28. The lowest BCUT2D eigenvalue weighted by molar-refractivity contribution is 0.102. The standard InChI is InChI=1S/C14H10Cl2OS/c15-11-6-2-1-5-10(11)13(17)9-18-14-8-4-3-7-12(14)16/h1-8H,9H2. The van der Waals surface area contributed by atoms with Gasteiger partial charge in [-0.2, -0.15) is 0 Å². The molecule has 0 aliphatic rings. The summed E-state index contributed by atoms with van der Waals surface area (Å²) >= 11 is 13.4. The number of hydrogen-bond donors (Lipinski definition) is 0. The summed E-state index contributed by atoms with van der Waals surface area (Å²) in [7, 11) is 0. The number of benzene rings is 2. The fourth-order valence-corrected chi connectivity index (χ4v) is 2.83. The molecule has 0 aliphatic carbocycles. The van der Waals surface area contributed by atoms with Gasteiger partial charge < -0.3 is 0 Å². The molecule has 2 aromatic carbocycles. The molecule has 0 radical (unpaired) electrons. The second-order valence-corrected chi connectivity index (χ2v) is 5.45. The molecule has 4 heteroatoms. The first kappa shape index (κ1) is 13.5. The highest BCUT2D eigenvalue weighted by Gasteiger charge is 2.10.